The van der Waals surface area contributed by atoms with Crippen LogP contribution in [0.3, 0.4) is 0 Å². The van der Waals surface area contributed by atoms with Gasteiger partial charge in [0.1, 0.15) is 11.4 Å². The van der Waals surface area contributed by atoms with E-state index in [1.165, 1.54) is 0 Å². The summed E-state index contributed by atoms with van der Waals surface area (Å²) in [7, 11) is 1.55. The molecule has 2 aromatic heterocycles. The molecule has 0 amide bonds. The van der Waals surface area contributed by atoms with Gasteiger partial charge in [-0.2, -0.15) is 0 Å². The number of methoxy groups -OCH3 is 1. The molecule has 8 heteroatoms. The van der Waals surface area contributed by atoms with Crippen LogP contribution in [0.2, 0.25) is 5.02 Å². The van der Waals surface area contributed by atoms with Crippen LogP contribution in [0.15, 0.2) is 34.4 Å². The lowest BCUT2D eigenvalue weighted by atomic mass is 10.2. The number of aromatic amines is 1. The highest BCUT2D eigenvalue weighted by Crippen LogP contribution is 2.32. The van der Waals surface area contributed by atoms with E-state index in [-0.39, 0.29) is 11.5 Å². The van der Waals surface area contributed by atoms with Crippen LogP contribution in [0.4, 0.5) is 11.6 Å². The molecule has 0 aliphatic rings. The highest BCUT2D eigenvalue weighted by molar-refractivity contribution is 7.09. The fourth-order valence-electron chi connectivity index (χ4n) is 2.17. The van der Waals surface area contributed by atoms with Gasteiger partial charge in [-0.15, -0.1) is 21.5 Å². The summed E-state index contributed by atoms with van der Waals surface area (Å²) >= 11 is 7.66. The summed E-state index contributed by atoms with van der Waals surface area (Å²) in [4.78, 5) is 15.9. The Morgan fingerprint density at radius 1 is 1.38 bits per heavy atom. The molecule has 0 radical (unpaired) electrons. The molecule has 0 fully saturated rings. The topological polar surface area (TPSA) is 79.9 Å². The van der Waals surface area contributed by atoms with Crippen molar-refractivity contribution in [1.29, 1.82) is 0 Å². The first-order chi connectivity index (χ1) is 11.6. The molecule has 1 aromatic carbocycles. The molecule has 0 spiro atoms. The molecule has 0 aliphatic heterocycles. The van der Waals surface area contributed by atoms with Gasteiger partial charge < -0.3 is 10.1 Å². The van der Waals surface area contributed by atoms with Crippen LogP contribution in [0.1, 0.15) is 16.1 Å². The molecule has 3 rings (SSSR count). The second-order valence-corrected chi connectivity index (χ2v) is 6.57. The number of halogens is 1. The molecular weight excluding hydrogens is 348 g/mol. The first kappa shape index (κ1) is 16.5. The zero-order valence-electron chi connectivity index (χ0n) is 13.1. The average molecular weight is 363 g/mol. The van der Waals surface area contributed by atoms with Gasteiger partial charge in [-0.3, -0.25) is 9.78 Å². The Balaban J connectivity index is 1.85. The summed E-state index contributed by atoms with van der Waals surface area (Å²) in [6, 6.07) is 7.42. The Kier molecular flexibility index (Phi) is 4.82. The van der Waals surface area contributed by atoms with E-state index in [1.54, 1.807) is 24.5 Å². The van der Waals surface area contributed by atoms with Crippen molar-refractivity contribution in [3.8, 4) is 5.75 Å². The van der Waals surface area contributed by atoms with Crippen molar-refractivity contribution < 1.29 is 4.74 Å². The molecule has 6 nitrogen and oxygen atoms in total. The van der Waals surface area contributed by atoms with Crippen molar-refractivity contribution in [2.75, 3.05) is 12.4 Å². The van der Waals surface area contributed by atoms with Gasteiger partial charge in [-0.25, -0.2) is 0 Å². The Labute approximate surface area is 147 Å². The van der Waals surface area contributed by atoms with E-state index in [1.807, 2.05) is 30.5 Å². The number of aryl methyl sites for hydroxylation is 1. The Morgan fingerprint density at radius 3 is 2.88 bits per heavy atom. The van der Waals surface area contributed by atoms with Crippen molar-refractivity contribution in [2.45, 2.75) is 13.3 Å². The van der Waals surface area contributed by atoms with E-state index in [9.17, 15) is 4.79 Å². The molecule has 0 atom stereocenters. The van der Waals surface area contributed by atoms with Crippen LogP contribution in [-0.4, -0.2) is 22.3 Å². The van der Waals surface area contributed by atoms with E-state index in [2.05, 4.69) is 20.5 Å². The summed E-state index contributed by atoms with van der Waals surface area (Å²) in [6.45, 7) is 1.88. The van der Waals surface area contributed by atoms with Crippen LogP contribution in [0, 0.1) is 6.92 Å². The lowest BCUT2D eigenvalue weighted by molar-refractivity contribution is 0.416. The quantitative estimate of drug-likeness (QED) is 0.725. The zero-order valence-corrected chi connectivity index (χ0v) is 14.7. The molecular formula is C16H15ClN4O2S. The van der Waals surface area contributed by atoms with Gasteiger partial charge in [-0.05, 0) is 30.0 Å². The van der Waals surface area contributed by atoms with Crippen LogP contribution >= 0.6 is 22.9 Å². The molecule has 2 N–H and O–H groups in total. The fourth-order valence-corrected chi connectivity index (χ4v) is 3.03. The number of hydrogen-bond acceptors (Lipinski definition) is 6. The fraction of sp³-hybridized carbons (Fsp3) is 0.188. The molecule has 124 valence electrons. The van der Waals surface area contributed by atoms with Crippen LogP contribution in [0.25, 0.3) is 0 Å². The van der Waals surface area contributed by atoms with E-state index in [0.717, 1.165) is 10.4 Å². The van der Waals surface area contributed by atoms with Crippen LogP contribution in [-0.2, 0) is 6.42 Å². The van der Waals surface area contributed by atoms with E-state index < -0.39 is 0 Å². The summed E-state index contributed by atoms with van der Waals surface area (Å²) in [5.41, 5.74) is 1.63. The van der Waals surface area contributed by atoms with Gasteiger partial charge in [-0.1, -0.05) is 17.7 Å². The maximum atomic E-state index is 12.2. The van der Waals surface area contributed by atoms with E-state index in [0.29, 0.717) is 28.6 Å². The molecule has 0 bridgehead atoms. The highest BCUT2D eigenvalue weighted by Gasteiger charge is 2.11. The Hall–Kier alpha value is -2.38. The molecule has 0 saturated heterocycles. The first-order valence-corrected chi connectivity index (χ1v) is 8.42. The third-order valence-corrected chi connectivity index (χ3v) is 4.70. The van der Waals surface area contributed by atoms with Gasteiger partial charge in [0, 0.05) is 22.4 Å². The molecule has 2 heterocycles. The van der Waals surface area contributed by atoms with Crippen molar-refractivity contribution in [1.82, 2.24) is 15.2 Å². The minimum atomic E-state index is -0.273. The maximum Gasteiger partial charge on any atom is 0.274 e. The standard InChI is InChI=1S/C16H15ClN4O2S/c1-9-6-12(14(23-2)8-11(9)17)18-16-19-15(22)13(20-21-16)7-10-4-3-5-24-10/h3-6,8H,7H2,1-2H3,(H2,18,19,21,22). The summed E-state index contributed by atoms with van der Waals surface area (Å²) in [6.07, 6.45) is 0.462. The molecule has 0 unspecified atom stereocenters. The highest BCUT2D eigenvalue weighted by atomic mass is 35.5. The molecule has 0 aliphatic carbocycles. The largest absolute Gasteiger partial charge is 0.495 e. The Bertz CT molecular complexity index is 909. The lowest BCUT2D eigenvalue weighted by Gasteiger charge is -2.12. The Morgan fingerprint density at radius 2 is 2.21 bits per heavy atom. The number of hydrogen-bond donors (Lipinski definition) is 2. The molecule has 24 heavy (non-hydrogen) atoms. The van der Waals surface area contributed by atoms with Gasteiger partial charge in [0.05, 0.1) is 12.8 Å². The van der Waals surface area contributed by atoms with Crippen LogP contribution < -0.4 is 15.6 Å². The first-order valence-electron chi connectivity index (χ1n) is 7.16. The predicted molar refractivity (Wildman–Crippen MR) is 95.8 cm³/mol. The lowest BCUT2D eigenvalue weighted by Crippen LogP contribution is -2.18. The second kappa shape index (κ2) is 7.02. The number of ether oxygens (including phenoxy) is 1. The number of nitrogens with one attached hydrogen (secondary N) is 2. The number of thiophene rings is 1. The number of benzene rings is 1. The summed E-state index contributed by atoms with van der Waals surface area (Å²) in [5.74, 6) is 0.797. The zero-order chi connectivity index (χ0) is 17.1. The minimum Gasteiger partial charge on any atom is -0.495 e. The van der Waals surface area contributed by atoms with Gasteiger partial charge in [0.2, 0.25) is 5.95 Å². The minimum absolute atomic E-state index is 0.245. The average Bonchev–Trinajstić information content (AvgIpc) is 3.06. The maximum absolute atomic E-state index is 12.2. The number of aromatic nitrogens is 3. The molecule has 0 saturated carbocycles. The number of anilines is 2. The summed E-state index contributed by atoms with van der Waals surface area (Å²) in [5, 5.41) is 13.6. The third-order valence-electron chi connectivity index (χ3n) is 3.42. The van der Waals surface area contributed by atoms with Crippen molar-refractivity contribution >= 4 is 34.6 Å². The van der Waals surface area contributed by atoms with Crippen molar-refractivity contribution in [2.24, 2.45) is 0 Å². The SMILES string of the molecule is COc1cc(Cl)c(C)cc1Nc1nnc(Cc2cccs2)c(=O)[nH]1. The van der Waals surface area contributed by atoms with Crippen molar-refractivity contribution in [3.05, 3.63) is 61.2 Å². The number of H-pyrrole nitrogens is 1. The third kappa shape index (κ3) is 3.58. The van der Waals surface area contributed by atoms with E-state index in [4.69, 9.17) is 16.3 Å². The number of rotatable bonds is 5. The van der Waals surface area contributed by atoms with Gasteiger partial charge in [0.25, 0.3) is 5.56 Å². The van der Waals surface area contributed by atoms with Crippen molar-refractivity contribution in [3.63, 3.8) is 0 Å². The predicted octanol–water partition coefficient (Wildman–Crippen LogP) is 3.53. The smallest absolute Gasteiger partial charge is 0.274 e. The number of nitrogens with zero attached hydrogens (tertiary/aromatic N) is 2. The molecule has 3 aromatic rings. The van der Waals surface area contributed by atoms with Crippen LogP contribution in [0.5, 0.6) is 5.75 Å². The second-order valence-electron chi connectivity index (χ2n) is 5.13. The normalized spacial score (nSPS) is 10.6. The summed E-state index contributed by atoms with van der Waals surface area (Å²) < 4.78 is 5.29. The van der Waals surface area contributed by atoms with Gasteiger partial charge >= 0.3 is 0 Å². The van der Waals surface area contributed by atoms with Gasteiger partial charge in [0.15, 0.2) is 0 Å². The monoisotopic (exact) mass is 362 g/mol. The van der Waals surface area contributed by atoms with E-state index >= 15 is 0 Å².